The number of nitriles is 1. The van der Waals surface area contributed by atoms with E-state index in [2.05, 4.69) is 0 Å². The minimum atomic E-state index is -0.534. The molecule has 0 aliphatic carbocycles. The average Bonchev–Trinajstić information content (AvgIpc) is 2.46. The maximum Gasteiger partial charge on any atom is 0.147 e. The quantitative estimate of drug-likeness (QED) is 0.790. The Bertz CT molecular complexity index is 622. The molecule has 0 N–H and O–H groups in total. The largest absolute Gasteiger partial charge is 0.488 e. The molecule has 0 radical (unpaired) electrons. The summed E-state index contributed by atoms with van der Waals surface area (Å²) < 4.78 is 19.4. The van der Waals surface area contributed by atoms with Crippen LogP contribution < -0.4 is 4.74 Å². The molecule has 2 nitrogen and oxygen atoms in total. The van der Waals surface area contributed by atoms with Crippen LogP contribution in [0.15, 0.2) is 42.5 Å². The second-order valence-corrected chi connectivity index (χ2v) is 4.19. The van der Waals surface area contributed by atoms with Gasteiger partial charge in [-0.25, -0.2) is 4.39 Å². The first-order valence-electron chi connectivity index (χ1n) is 5.70. The third-order valence-corrected chi connectivity index (χ3v) is 2.99. The molecule has 0 heterocycles. The van der Waals surface area contributed by atoms with Crippen molar-refractivity contribution in [2.24, 2.45) is 0 Å². The van der Waals surface area contributed by atoms with Crippen molar-refractivity contribution in [2.45, 2.75) is 12.5 Å². The molecule has 2 aromatic rings. The predicted molar refractivity (Wildman–Crippen MR) is 71.4 cm³/mol. The fourth-order valence-electron chi connectivity index (χ4n) is 1.69. The molecular weight excluding hydrogens is 265 g/mol. The van der Waals surface area contributed by atoms with Gasteiger partial charge in [0.25, 0.3) is 0 Å². The van der Waals surface area contributed by atoms with Crippen LogP contribution in [0.3, 0.4) is 0 Å². The van der Waals surface area contributed by atoms with E-state index in [0.717, 1.165) is 5.56 Å². The van der Waals surface area contributed by atoms with E-state index in [-0.39, 0.29) is 12.2 Å². The molecule has 0 aromatic heterocycles. The minimum Gasteiger partial charge on any atom is -0.488 e. The Kier molecular flexibility index (Phi) is 4.38. The van der Waals surface area contributed by atoms with Gasteiger partial charge in [0, 0.05) is 11.1 Å². The topological polar surface area (TPSA) is 33.0 Å². The number of rotatable bonds is 4. The van der Waals surface area contributed by atoms with Crippen LogP contribution in [0.5, 0.6) is 5.75 Å². The van der Waals surface area contributed by atoms with Gasteiger partial charge in [-0.05, 0) is 12.1 Å². The number of para-hydroxylation sites is 1. The van der Waals surface area contributed by atoms with Crippen LogP contribution in [-0.4, -0.2) is 0 Å². The standard InChI is InChI=1S/C15H11ClFNO/c16-8-11-4-1-2-7-14(11)19-10-13-6-3-5-12(9-18)15(13)17/h1-7H,8,10H2. The van der Waals surface area contributed by atoms with Crippen LogP contribution in [-0.2, 0) is 12.5 Å². The highest BCUT2D eigenvalue weighted by molar-refractivity contribution is 6.17. The summed E-state index contributed by atoms with van der Waals surface area (Å²) in [4.78, 5) is 0. The molecule has 0 spiro atoms. The van der Waals surface area contributed by atoms with E-state index in [4.69, 9.17) is 21.6 Å². The molecule has 0 unspecified atom stereocenters. The Labute approximate surface area is 116 Å². The molecule has 0 aliphatic rings. The molecular formula is C15H11ClFNO. The molecule has 96 valence electrons. The zero-order valence-electron chi connectivity index (χ0n) is 10.1. The summed E-state index contributed by atoms with van der Waals surface area (Å²) in [6, 6.07) is 13.8. The molecule has 0 amide bonds. The average molecular weight is 276 g/mol. The Morgan fingerprint density at radius 2 is 1.84 bits per heavy atom. The summed E-state index contributed by atoms with van der Waals surface area (Å²) in [5, 5.41) is 8.76. The van der Waals surface area contributed by atoms with Crippen molar-refractivity contribution in [1.82, 2.24) is 0 Å². The molecule has 0 atom stereocenters. The summed E-state index contributed by atoms with van der Waals surface area (Å²) in [5.41, 5.74) is 1.22. The highest BCUT2D eigenvalue weighted by Crippen LogP contribution is 2.22. The Balaban J connectivity index is 2.17. The predicted octanol–water partition coefficient (Wildman–Crippen LogP) is 4.02. The van der Waals surface area contributed by atoms with Crippen molar-refractivity contribution in [3.05, 3.63) is 65.0 Å². The zero-order valence-corrected chi connectivity index (χ0v) is 10.8. The van der Waals surface area contributed by atoms with Crippen molar-refractivity contribution >= 4 is 11.6 Å². The normalized spacial score (nSPS) is 9.95. The second kappa shape index (κ2) is 6.21. The smallest absolute Gasteiger partial charge is 0.147 e. The summed E-state index contributed by atoms with van der Waals surface area (Å²) in [6.07, 6.45) is 0. The number of nitrogens with zero attached hydrogens (tertiary/aromatic N) is 1. The number of hydrogen-bond donors (Lipinski definition) is 0. The Morgan fingerprint density at radius 1 is 1.11 bits per heavy atom. The van der Waals surface area contributed by atoms with Gasteiger partial charge < -0.3 is 4.74 Å². The van der Waals surface area contributed by atoms with Crippen LogP contribution in [0.2, 0.25) is 0 Å². The van der Waals surface area contributed by atoms with E-state index in [1.54, 1.807) is 24.3 Å². The van der Waals surface area contributed by atoms with Gasteiger partial charge in [-0.3, -0.25) is 0 Å². The van der Waals surface area contributed by atoms with E-state index in [1.807, 2.05) is 18.2 Å². The molecule has 2 aromatic carbocycles. The summed E-state index contributed by atoms with van der Waals surface area (Å²) >= 11 is 5.80. The third-order valence-electron chi connectivity index (χ3n) is 2.70. The van der Waals surface area contributed by atoms with Gasteiger partial charge in [-0.1, -0.05) is 30.3 Å². The Hall–Kier alpha value is -2.05. The lowest BCUT2D eigenvalue weighted by molar-refractivity contribution is 0.297. The van der Waals surface area contributed by atoms with Crippen LogP contribution in [0.1, 0.15) is 16.7 Å². The SMILES string of the molecule is N#Cc1cccc(COc2ccccc2CCl)c1F. The first kappa shape index (κ1) is 13.4. The van der Waals surface area contributed by atoms with Gasteiger partial charge in [-0.15, -0.1) is 11.6 Å². The molecule has 2 rings (SSSR count). The van der Waals surface area contributed by atoms with E-state index < -0.39 is 5.82 Å². The lowest BCUT2D eigenvalue weighted by Crippen LogP contribution is -2.01. The lowest BCUT2D eigenvalue weighted by atomic mass is 10.1. The van der Waals surface area contributed by atoms with Crippen LogP contribution >= 0.6 is 11.6 Å². The summed E-state index contributed by atoms with van der Waals surface area (Å²) in [5.74, 6) is 0.421. The van der Waals surface area contributed by atoms with E-state index in [1.165, 1.54) is 6.07 Å². The zero-order chi connectivity index (χ0) is 13.7. The van der Waals surface area contributed by atoms with Crippen molar-refractivity contribution in [1.29, 1.82) is 5.26 Å². The van der Waals surface area contributed by atoms with Gasteiger partial charge in [0.15, 0.2) is 0 Å². The van der Waals surface area contributed by atoms with Gasteiger partial charge in [0.2, 0.25) is 0 Å². The summed E-state index contributed by atoms with van der Waals surface area (Å²) in [6.45, 7) is 0.0647. The molecule has 0 fully saturated rings. The number of hydrogen-bond acceptors (Lipinski definition) is 2. The van der Waals surface area contributed by atoms with E-state index in [0.29, 0.717) is 17.2 Å². The van der Waals surface area contributed by atoms with Gasteiger partial charge in [0.1, 0.15) is 24.2 Å². The molecule has 0 saturated heterocycles. The fourth-order valence-corrected chi connectivity index (χ4v) is 1.91. The van der Waals surface area contributed by atoms with Gasteiger partial charge in [0.05, 0.1) is 11.4 Å². The van der Waals surface area contributed by atoms with Crippen molar-refractivity contribution in [3.63, 3.8) is 0 Å². The molecule has 0 bridgehead atoms. The van der Waals surface area contributed by atoms with Crippen molar-refractivity contribution in [2.75, 3.05) is 0 Å². The number of ether oxygens (including phenoxy) is 1. The molecule has 0 aliphatic heterocycles. The molecule has 4 heteroatoms. The lowest BCUT2D eigenvalue weighted by Gasteiger charge is -2.10. The first-order valence-corrected chi connectivity index (χ1v) is 6.24. The van der Waals surface area contributed by atoms with Crippen molar-refractivity contribution in [3.8, 4) is 11.8 Å². The maximum absolute atomic E-state index is 13.8. The van der Waals surface area contributed by atoms with Crippen LogP contribution in [0.4, 0.5) is 4.39 Å². The molecule has 19 heavy (non-hydrogen) atoms. The highest BCUT2D eigenvalue weighted by Gasteiger charge is 2.09. The number of halogens is 2. The second-order valence-electron chi connectivity index (χ2n) is 3.92. The minimum absolute atomic E-state index is 0.0201. The monoisotopic (exact) mass is 275 g/mol. The van der Waals surface area contributed by atoms with Crippen LogP contribution in [0, 0.1) is 17.1 Å². The van der Waals surface area contributed by atoms with E-state index >= 15 is 0 Å². The third kappa shape index (κ3) is 3.04. The van der Waals surface area contributed by atoms with Crippen molar-refractivity contribution < 1.29 is 9.13 Å². The summed E-state index contributed by atoms with van der Waals surface area (Å²) in [7, 11) is 0. The van der Waals surface area contributed by atoms with E-state index in [9.17, 15) is 4.39 Å². The first-order chi connectivity index (χ1) is 9.26. The number of benzene rings is 2. The number of alkyl halides is 1. The maximum atomic E-state index is 13.8. The highest BCUT2D eigenvalue weighted by atomic mass is 35.5. The molecule has 0 saturated carbocycles. The van der Waals surface area contributed by atoms with Gasteiger partial charge in [-0.2, -0.15) is 5.26 Å². The van der Waals surface area contributed by atoms with Crippen LogP contribution in [0.25, 0.3) is 0 Å². The van der Waals surface area contributed by atoms with Gasteiger partial charge >= 0.3 is 0 Å². The Morgan fingerprint density at radius 3 is 2.58 bits per heavy atom. The fraction of sp³-hybridized carbons (Fsp3) is 0.133.